The van der Waals surface area contributed by atoms with E-state index in [1.54, 1.807) is 0 Å². The summed E-state index contributed by atoms with van der Waals surface area (Å²) in [5.74, 6) is 2.33. The first-order chi connectivity index (χ1) is 19.7. The van der Waals surface area contributed by atoms with Crippen molar-refractivity contribution >= 4 is 22.8 Å². The van der Waals surface area contributed by atoms with Gasteiger partial charge in [0.25, 0.3) is 5.91 Å². The molecular formula is C32H32N6O2. The summed E-state index contributed by atoms with van der Waals surface area (Å²) in [6.07, 6.45) is 1.46. The largest absolute Gasteiger partial charge is 0.484 e. The Bertz CT molecular complexity index is 1590. The average molecular weight is 533 g/mol. The molecule has 1 aliphatic heterocycles. The summed E-state index contributed by atoms with van der Waals surface area (Å²) in [5.41, 5.74) is 3.80. The number of nitrogens with zero attached hydrogens (tertiary/aromatic N) is 6. The molecule has 0 atom stereocenters. The fourth-order valence-corrected chi connectivity index (χ4v) is 5.17. The molecule has 3 aromatic carbocycles. The highest BCUT2D eigenvalue weighted by Gasteiger charge is 2.25. The van der Waals surface area contributed by atoms with Gasteiger partial charge < -0.3 is 14.5 Å². The highest BCUT2D eigenvalue weighted by Crippen LogP contribution is 2.30. The topological polar surface area (TPSA) is 76.4 Å². The molecule has 0 unspecified atom stereocenters. The smallest absolute Gasteiger partial charge is 0.260 e. The first kappa shape index (κ1) is 25.6. The zero-order valence-corrected chi connectivity index (χ0v) is 22.6. The molecule has 202 valence electrons. The van der Waals surface area contributed by atoms with Crippen LogP contribution in [0, 0.1) is 6.92 Å². The number of anilines is 1. The molecule has 6 rings (SSSR count). The molecule has 3 heterocycles. The maximum atomic E-state index is 13.0. The van der Waals surface area contributed by atoms with Gasteiger partial charge in [0.15, 0.2) is 12.3 Å². The van der Waals surface area contributed by atoms with Crippen LogP contribution < -0.4 is 9.64 Å². The Morgan fingerprint density at radius 2 is 1.52 bits per heavy atom. The lowest BCUT2D eigenvalue weighted by Crippen LogP contribution is -2.38. The van der Waals surface area contributed by atoms with E-state index >= 15 is 0 Å². The number of hydrogen-bond donors (Lipinski definition) is 0. The van der Waals surface area contributed by atoms with Crippen LogP contribution >= 0.6 is 0 Å². The van der Waals surface area contributed by atoms with Crippen LogP contribution in [0.5, 0.6) is 5.75 Å². The molecule has 0 N–H and O–H groups in total. The molecule has 40 heavy (non-hydrogen) atoms. The molecule has 8 heteroatoms. The van der Waals surface area contributed by atoms with Gasteiger partial charge in [-0.2, -0.15) is 5.10 Å². The molecule has 2 aromatic heterocycles. The summed E-state index contributed by atoms with van der Waals surface area (Å²) in [6, 6.07) is 29.8. The van der Waals surface area contributed by atoms with Crippen molar-refractivity contribution in [3.63, 3.8) is 0 Å². The van der Waals surface area contributed by atoms with Gasteiger partial charge in [-0.1, -0.05) is 66.7 Å². The van der Waals surface area contributed by atoms with Crippen molar-refractivity contribution in [2.45, 2.75) is 19.8 Å². The molecule has 0 spiro atoms. The quantitative estimate of drug-likeness (QED) is 0.299. The summed E-state index contributed by atoms with van der Waals surface area (Å²) in [4.78, 5) is 27.3. The molecule has 1 saturated heterocycles. The number of amides is 1. The Morgan fingerprint density at radius 3 is 2.27 bits per heavy atom. The Hall–Kier alpha value is -4.72. The van der Waals surface area contributed by atoms with E-state index in [2.05, 4.69) is 17.0 Å². The minimum atomic E-state index is -0.00335. The van der Waals surface area contributed by atoms with Crippen LogP contribution in [0.1, 0.15) is 23.5 Å². The number of para-hydroxylation sites is 2. The predicted octanol–water partition coefficient (Wildman–Crippen LogP) is 4.83. The second kappa shape index (κ2) is 11.6. The van der Waals surface area contributed by atoms with E-state index in [-0.39, 0.29) is 12.5 Å². The highest BCUT2D eigenvalue weighted by atomic mass is 16.5. The summed E-state index contributed by atoms with van der Waals surface area (Å²) >= 11 is 0. The maximum Gasteiger partial charge on any atom is 0.260 e. The summed E-state index contributed by atoms with van der Waals surface area (Å²) in [6.45, 7) is 4.79. The SMILES string of the molecule is Cc1nn(-c2ccccc2)c2nc(Cc3ccccc3)nc(N3CCCN(C(=O)COc4ccccc4)CC3)c12. The molecule has 0 saturated carbocycles. The number of fused-ring (bicyclic) bond motifs is 1. The number of carbonyl (C=O) groups excluding carboxylic acids is 1. The minimum Gasteiger partial charge on any atom is -0.484 e. The number of hydrogen-bond acceptors (Lipinski definition) is 6. The molecule has 1 aliphatic rings. The van der Waals surface area contributed by atoms with Crippen LogP contribution in [0.3, 0.4) is 0 Å². The fourth-order valence-electron chi connectivity index (χ4n) is 5.17. The van der Waals surface area contributed by atoms with E-state index in [9.17, 15) is 4.79 Å². The van der Waals surface area contributed by atoms with Gasteiger partial charge in [0.05, 0.1) is 16.8 Å². The van der Waals surface area contributed by atoms with Gasteiger partial charge in [-0.25, -0.2) is 14.6 Å². The molecule has 0 bridgehead atoms. The third-order valence-corrected chi connectivity index (χ3v) is 7.19. The Labute approximate surface area is 233 Å². The van der Waals surface area contributed by atoms with Crippen LogP contribution in [-0.2, 0) is 11.2 Å². The molecule has 1 fully saturated rings. The normalized spacial score (nSPS) is 13.8. The standard InChI is InChI=1S/C32H32N6O2/c1-24-30-31(37-19-11-18-36(20-21-37)29(39)23-40-27-16-9-4-10-17-27)33-28(22-25-12-5-2-6-13-25)34-32(30)38(35-24)26-14-7-3-8-15-26/h2-10,12-17H,11,18-23H2,1H3. The van der Waals surface area contributed by atoms with Crippen molar-refractivity contribution in [2.75, 3.05) is 37.7 Å². The highest BCUT2D eigenvalue weighted by molar-refractivity contribution is 5.91. The average Bonchev–Trinajstić information content (AvgIpc) is 3.16. The lowest BCUT2D eigenvalue weighted by atomic mass is 10.1. The van der Waals surface area contributed by atoms with E-state index in [1.165, 1.54) is 0 Å². The first-order valence-electron chi connectivity index (χ1n) is 13.7. The van der Waals surface area contributed by atoms with Gasteiger partial charge in [0.1, 0.15) is 17.4 Å². The molecule has 0 aliphatic carbocycles. The van der Waals surface area contributed by atoms with Crippen molar-refractivity contribution in [1.29, 1.82) is 0 Å². The van der Waals surface area contributed by atoms with Crippen LogP contribution in [0.4, 0.5) is 5.82 Å². The summed E-state index contributed by atoms with van der Waals surface area (Å²) in [7, 11) is 0. The molecule has 1 amide bonds. The Morgan fingerprint density at radius 1 is 0.825 bits per heavy atom. The van der Waals surface area contributed by atoms with Gasteiger partial charge in [-0.3, -0.25) is 4.79 Å². The van der Waals surface area contributed by atoms with Crippen molar-refractivity contribution in [3.8, 4) is 11.4 Å². The number of aromatic nitrogens is 4. The Kier molecular flexibility index (Phi) is 7.39. The summed E-state index contributed by atoms with van der Waals surface area (Å²) < 4.78 is 7.64. The van der Waals surface area contributed by atoms with Gasteiger partial charge >= 0.3 is 0 Å². The first-order valence-corrected chi connectivity index (χ1v) is 13.7. The van der Waals surface area contributed by atoms with E-state index in [0.29, 0.717) is 31.8 Å². The van der Waals surface area contributed by atoms with E-state index in [0.717, 1.165) is 52.6 Å². The molecular weight excluding hydrogens is 500 g/mol. The van der Waals surface area contributed by atoms with Gasteiger partial charge in [-0.15, -0.1) is 0 Å². The number of carbonyl (C=O) groups is 1. The van der Waals surface area contributed by atoms with E-state index in [4.69, 9.17) is 19.8 Å². The Balaban J connectivity index is 1.30. The summed E-state index contributed by atoms with van der Waals surface area (Å²) in [5, 5.41) is 5.84. The van der Waals surface area contributed by atoms with Crippen molar-refractivity contribution in [2.24, 2.45) is 0 Å². The van der Waals surface area contributed by atoms with Crippen LogP contribution in [-0.4, -0.2) is 63.3 Å². The predicted molar refractivity (Wildman–Crippen MR) is 156 cm³/mol. The third kappa shape index (κ3) is 5.52. The fraction of sp³-hybridized carbons (Fsp3) is 0.250. The van der Waals surface area contributed by atoms with Gasteiger partial charge in [0.2, 0.25) is 0 Å². The molecule has 0 radical (unpaired) electrons. The maximum absolute atomic E-state index is 13.0. The second-order valence-corrected chi connectivity index (χ2v) is 9.98. The second-order valence-electron chi connectivity index (χ2n) is 9.98. The zero-order chi connectivity index (χ0) is 27.3. The lowest BCUT2D eigenvalue weighted by Gasteiger charge is -2.24. The van der Waals surface area contributed by atoms with Crippen molar-refractivity contribution in [3.05, 3.63) is 108 Å². The van der Waals surface area contributed by atoms with Crippen LogP contribution in [0.2, 0.25) is 0 Å². The molecule has 8 nitrogen and oxygen atoms in total. The van der Waals surface area contributed by atoms with Crippen LogP contribution in [0.25, 0.3) is 16.7 Å². The van der Waals surface area contributed by atoms with Crippen molar-refractivity contribution < 1.29 is 9.53 Å². The number of ether oxygens (including phenoxy) is 1. The number of benzene rings is 3. The third-order valence-electron chi connectivity index (χ3n) is 7.19. The molecule has 5 aromatic rings. The zero-order valence-electron chi connectivity index (χ0n) is 22.6. The monoisotopic (exact) mass is 532 g/mol. The van der Waals surface area contributed by atoms with Crippen LogP contribution in [0.15, 0.2) is 91.0 Å². The van der Waals surface area contributed by atoms with Gasteiger partial charge in [-0.05, 0) is 43.2 Å². The van der Waals surface area contributed by atoms with E-state index < -0.39 is 0 Å². The number of aryl methyl sites for hydroxylation is 1. The van der Waals surface area contributed by atoms with Crippen molar-refractivity contribution in [1.82, 2.24) is 24.6 Å². The van der Waals surface area contributed by atoms with E-state index in [1.807, 2.05) is 95.4 Å². The van der Waals surface area contributed by atoms with Gasteiger partial charge in [0, 0.05) is 32.6 Å². The lowest BCUT2D eigenvalue weighted by molar-refractivity contribution is -0.133. The number of rotatable bonds is 7. The minimum absolute atomic E-state index is 0.00335.